The van der Waals surface area contributed by atoms with Crippen molar-refractivity contribution in [3.63, 3.8) is 0 Å². The van der Waals surface area contributed by atoms with Crippen LogP contribution in [-0.2, 0) is 0 Å². The van der Waals surface area contributed by atoms with Gasteiger partial charge in [-0.1, -0.05) is 74.9 Å². The van der Waals surface area contributed by atoms with Crippen LogP contribution in [0.1, 0.15) is 61.4 Å². The highest BCUT2D eigenvalue weighted by Gasteiger charge is 2.11. The van der Waals surface area contributed by atoms with Crippen molar-refractivity contribution < 1.29 is 13.9 Å². The summed E-state index contributed by atoms with van der Waals surface area (Å²) in [5.41, 5.74) is 4.85. The Kier molecular flexibility index (Phi) is 8.25. The lowest BCUT2D eigenvalue weighted by Crippen LogP contribution is -1.97. The number of halogens is 1. The molecule has 4 heteroatoms. The minimum absolute atomic E-state index is 0.332. The molecule has 0 N–H and O–H groups in total. The first kappa shape index (κ1) is 24.6. The molecule has 0 saturated heterocycles. The van der Waals surface area contributed by atoms with Gasteiger partial charge in [0.2, 0.25) is 0 Å². The molecule has 0 bridgehead atoms. The number of carbonyl (C=O) groups excluding carboxylic acids is 1. The second-order valence-corrected chi connectivity index (χ2v) is 9.07. The van der Waals surface area contributed by atoms with Crippen molar-refractivity contribution in [3.05, 3.63) is 83.7 Å². The Hall–Kier alpha value is -3.53. The number of hydrogen-bond acceptors (Lipinski definition) is 3. The topological polar surface area (TPSA) is 39.2 Å². The molecule has 0 atom stereocenters. The first-order valence-corrected chi connectivity index (χ1v) is 12.5. The number of ether oxygens (including phenoxy) is 1. The molecule has 0 saturated carbocycles. The highest BCUT2D eigenvalue weighted by Crippen LogP contribution is 2.30. The lowest BCUT2D eigenvalue weighted by Gasteiger charge is -2.10. The zero-order chi connectivity index (χ0) is 24.6. The molecule has 0 unspecified atom stereocenters. The van der Waals surface area contributed by atoms with Crippen molar-refractivity contribution in [1.29, 1.82) is 0 Å². The third-order valence-electron chi connectivity index (χ3n) is 6.32. The van der Waals surface area contributed by atoms with Crippen LogP contribution in [0.4, 0.5) is 4.39 Å². The van der Waals surface area contributed by atoms with Crippen LogP contribution in [0.15, 0.2) is 66.7 Å². The van der Waals surface area contributed by atoms with Crippen LogP contribution < -0.4 is 4.74 Å². The Morgan fingerprint density at radius 1 is 0.857 bits per heavy atom. The van der Waals surface area contributed by atoms with Gasteiger partial charge in [-0.05, 0) is 55.3 Å². The summed E-state index contributed by atoms with van der Waals surface area (Å²) in [5.74, 6) is 0.470. The van der Waals surface area contributed by atoms with E-state index in [4.69, 9.17) is 4.74 Å². The monoisotopic (exact) mass is 469 g/mol. The number of aldehydes is 1. The van der Waals surface area contributed by atoms with E-state index < -0.39 is 0 Å². The van der Waals surface area contributed by atoms with Crippen LogP contribution in [0.2, 0.25) is 0 Å². The lowest BCUT2D eigenvalue weighted by atomic mass is 10.00. The summed E-state index contributed by atoms with van der Waals surface area (Å²) in [6.45, 7) is 4.90. The van der Waals surface area contributed by atoms with E-state index in [1.165, 1.54) is 38.2 Å². The van der Waals surface area contributed by atoms with E-state index in [1.54, 1.807) is 12.1 Å². The molecule has 0 fully saturated rings. The zero-order valence-electron chi connectivity index (χ0n) is 20.5. The van der Waals surface area contributed by atoms with Gasteiger partial charge in [0, 0.05) is 22.1 Å². The second kappa shape index (κ2) is 11.7. The molecule has 1 heterocycles. The van der Waals surface area contributed by atoms with Crippen molar-refractivity contribution in [1.82, 2.24) is 4.98 Å². The average Bonchev–Trinajstić information content (AvgIpc) is 2.88. The SMILES string of the molecule is CCCCCCCCOc1ccc(-c2ccc(-c3cc(C=O)c4cc(C)ccc4n3)cc2F)cc1. The summed E-state index contributed by atoms with van der Waals surface area (Å²) in [6, 6.07) is 20.2. The highest BCUT2D eigenvalue weighted by atomic mass is 19.1. The molecule has 180 valence electrons. The third kappa shape index (κ3) is 6.13. The largest absolute Gasteiger partial charge is 0.494 e. The van der Waals surface area contributed by atoms with Crippen molar-refractivity contribution in [2.45, 2.75) is 52.4 Å². The highest BCUT2D eigenvalue weighted by molar-refractivity contribution is 5.98. The number of aryl methyl sites for hydroxylation is 1. The summed E-state index contributed by atoms with van der Waals surface area (Å²) in [6.07, 6.45) is 8.19. The second-order valence-electron chi connectivity index (χ2n) is 9.07. The number of carbonyl (C=O) groups is 1. The van der Waals surface area contributed by atoms with Crippen LogP contribution in [0.25, 0.3) is 33.3 Å². The molecule has 0 amide bonds. The van der Waals surface area contributed by atoms with E-state index in [0.29, 0.717) is 29.0 Å². The first-order valence-electron chi connectivity index (χ1n) is 12.5. The van der Waals surface area contributed by atoms with Crippen molar-refractivity contribution in [2.24, 2.45) is 0 Å². The Morgan fingerprint density at radius 3 is 2.34 bits per heavy atom. The normalized spacial score (nSPS) is 11.1. The molecule has 0 spiro atoms. The van der Waals surface area contributed by atoms with Gasteiger partial charge in [-0.25, -0.2) is 9.37 Å². The maximum Gasteiger partial charge on any atom is 0.150 e. The minimum atomic E-state index is -0.332. The van der Waals surface area contributed by atoms with Gasteiger partial charge in [0.25, 0.3) is 0 Å². The Morgan fingerprint density at radius 2 is 1.60 bits per heavy atom. The molecular formula is C31H32FNO2. The summed E-state index contributed by atoms with van der Waals surface area (Å²) in [7, 11) is 0. The summed E-state index contributed by atoms with van der Waals surface area (Å²) >= 11 is 0. The number of aromatic nitrogens is 1. The quantitative estimate of drug-likeness (QED) is 0.163. The summed E-state index contributed by atoms with van der Waals surface area (Å²) in [4.78, 5) is 16.3. The van der Waals surface area contributed by atoms with Crippen LogP contribution >= 0.6 is 0 Å². The van der Waals surface area contributed by atoms with Gasteiger partial charge >= 0.3 is 0 Å². The Labute approximate surface area is 207 Å². The van der Waals surface area contributed by atoms with E-state index in [1.807, 2.05) is 55.5 Å². The number of nitrogens with zero attached hydrogens (tertiary/aromatic N) is 1. The average molecular weight is 470 g/mol. The van der Waals surface area contributed by atoms with Crippen molar-refractivity contribution in [2.75, 3.05) is 6.61 Å². The van der Waals surface area contributed by atoms with E-state index in [-0.39, 0.29) is 5.82 Å². The smallest absolute Gasteiger partial charge is 0.150 e. The molecule has 3 nitrogen and oxygen atoms in total. The molecular weight excluding hydrogens is 437 g/mol. The molecule has 1 aromatic heterocycles. The maximum absolute atomic E-state index is 15.1. The minimum Gasteiger partial charge on any atom is -0.494 e. The van der Waals surface area contributed by atoms with Crippen molar-refractivity contribution in [3.8, 4) is 28.1 Å². The summed E-state index contributed by atoms with van der Waals surface area (Å²) < 4.78 is 21.0. The van der Waals surface area contributed by atoms with Gasteiger partial charge in [0.05, 0.1) is 17.8 Å². The Balaban J connectivity index is 1.46. The Bertz CT molecular complexity index is 1300. The van der Waals surface area contributed by atoms with Crippen molar-refractivity contribution >= 4 is 17.2 Å². The molecule has 4 aromatic rings. The molecule has 35 heavy (non-hydrogen) atoms. The number of hydrogen-bond donors (Lipinski definition) is 0. The van der Waals surface area contributed by atoms with E-state index in [0.717, 1.165) is 40.5 Å². The first-order chi connectivity index (χ1) is 17.1. The zero-order valence-corrected chi connectivity index (χ0v) is 20.5. The third-order valence-corrected chi connectivity index (χ3v) is 6.32. The molecule has 0 aliphatic rings. The molecule has 0 aliphatic carbocycles. The number of rotatable bonds is 11. The van der Waals surface area contributed by atoms with Crippen LogP contribution in [0.5, 0.6) is 5.75 Å². The fraction of sp³-hybridized carbons (Fsp3) is 0.290. The van der Waals surface area contributed by atoms with Gasteiger partial charge in [0.1, 0.15) is 11.6 Å². The van der Waals surface area contributed by atoms with Gasteiger partial charge in [-0.15, -0.1) is 0 Å². The molecule has 0 aliphatic heterocycles. The van der Waals surface area contributed by atoms with Crippen LogP contribution in [0, 0.1) is 12.7 Å². The maximum atomic E-state index is 15.1. The summed E-state index contributed by atoms with van der Waals surface area (Å²) in [5, 5.41) is 0.805. The fourth-order valence-corrected chi connectivity index (χ4v) is 4.32. The number of benzene rings is 3. The lowest BCUT2D eigenvalue weighted by molar-refractivity contribution is 0.112. The predicted octanol–water partition coefficient (Wildman–Crippen LogP) is 8.57. The van der Waals surface area contributed by atoms with Gasteiger partial charge in [-0.3, -0.25) is 4.79 Å². The van der Waals surface area contributed by atoms with Gasteiger partial charge in [-0.2, -0.15) is 0 Å². The van der Waals surface area contributed by atoms with E-state index >= 15 is 4.39 Å². The number of pyridine rings is 1. The fourth-order valence-electron chi connectivity index (χ4n) is 4.32. The van der Waals surface area contributed by atoms with Gasteiger partial charge in [0.15, 0.2) is 6.29 Å². The molecule has 0 radical (unpaired) electrons. The number of fused-ring (bicyclic) bond motifs is 1. The molecule has 3 aromatic carbocycles. The van der Waals surface area contributed by atoms with Crippen LogP contribution in [0.3, 0.4) is 0 Å². The number of unbranched alkanes of at least 4 members (excludes halogenated alkanes) is 5. The predicted molar refractivity (Wildman–Crippen MR) is 142 cm³/mol. The standard InChI is InChI=1S/C31H32FNO2/c1-3-4-5-6-7-8-17-35-26-13-10-23(11-14-26)27-15-12-24(19-29(27)32)31-20-25(21-34)28-18-22(2)9-16-30(28)33-31/h9-16,18-21H,3-8,17H2,1-2H3. The van der Waals surface area contributed by atoms with Crippen LogP contribution in [-0.4, -0.2) is 17.9 Å². The van der Waals surface area contributed by atoms with Gasteiger partial charge < -0.3 is 4.74 Å². The van der Waals surface area contributed by atoms with E-state index in [9.17, 15) is 4.79 Å². The molecule has 4 rings (SSSR count). The van der Waals surface area contributed by atoms with E-state index in [2.05, 4.69) is 11.9 Å².